The van der Waals surface area contributed by atoms with Gasteiger partial charge in [0, 0.05) is 6.54 Å². The molecule has 0 unspecified atom stereocenters. The van der Waals surface area contributed by atoms with Crippen LogP contribution in [0.25, 0.3) is 10.9 Å². The average molecular weight is 286 g/mol. The SMILES string of the molecule is O=C(O)C1CCC(Cn2cnc3ccccc3c2=O)CC1. The molecule has 1 aliphatic carbocycles. The molecule has 1 aromatic carbocycles. The minimum atomic E-state index is -0.696. The summed E-state index contributed by atoms with van der Waals surface area (Å²) in [5, 5.41) is 9.65. The third kappa shape index (κ3) is 2.82. The van der Waals surface area contributed by atoms with E-state index in [4.69, 9.17) is 5.11 Å². The monoisotopic (exact) mass is 286 g/mol. The Morgan fingerprint density at radius 2 is 1.95 bits per heavy atom. The summed E-state index contributed by atoms with van der Waals surface area (Å²) in [6, 6.07) is 7.34. The van der Waals surface area contributed by atoms with Crippen LogP contribution in [0.5, 0.6) is 0 Å². The molecule has 0 radical (unpaired) electrons. The molecule has 2 aromatic rings. The standard InChI is InChI=1S/C16H18N2O3/c19-15-13-3-1-2-4-14(13)17-10-18(15)9-11-5-7-12(8-6-11)16(20)21/h1-4,10-12H,5-9H2,(H,20,21). The van der Waals surface area contributed by atoms with Crippen molar-refractivity contribution >= 4 is 16.9 Å². The van der Waals surface area contributed by atoms with Gasteiger partial charge in [-0.1, -0.05) is 12.1 Å². The molecule has 21 heavy (non-hydrogen) atoms. The van der Waals surface area contributed by atoms with E-state index in [0.717, 1.165) is 12.8 Å². The van der Waals surface area contributed by atoms with Crippen LogP contribution >= 0.6 is 0 Å². The molecule has 5 nitrogen and oxygen atoms in total. The number of aliphatic carboxylic acids is 1. The first-order valence-corrected chi connectivity index (χ1v) is 7.32. The van der Waals surface area contributed by atoms with Crippen LogP contribution in [-0.2, 0) is 11.3 Å². The number of carbonyl (C=O) groups is 1. The number of carboxylic acid groups (broad SMARTS) is 1. The van der Waals surface area contributed by atoms with Gasteiger partial charge in [0.2, 0.25) is 0 Å². The Hall–Kier alpha value is -2.17. The van der Waals surface area contributed by atoms with Crippen molar-refractivity contribution in [3.63, 3.8) is 0 Å². The molecule has 1 fully saturated rings. The van der Waals surface area contributed by atoms with Crippen LogP contribution in [0, 0.1) is 11.8 Å². The molecule has 1 saturated carbocycles. The first-order valence-electron chi connectivity index (χ1n) is 7.32. The lowest BCUT2D eigenvalue weighted by atomic mass is 9.82. The molecular formula is C16H18N2O3. The van der Waals surface area contributed by atoms with E-state index in [0.29, 0.717) is 36.2 Å². The van der Waals surface area contributed by atoms with Gasteiger partial charge in [-0.05, 0) is 43.7 Å². The number of para-hydroxylation sites is 1. The Bertz CT molecular complexity index is 715. The molecule has 0 spiro atoms. The third-order valence-electron chi connectivity index (χ3n) is 4.38. The number of nitrogens with zero attached hydrogens (tertiary/aromatic N) is 2. The van der Waals surface area contributed by atoms with Gasteiger partial charge in [0.1, 0.15) is 0 Å². The van der Waals surface area contributed by atoms with Crippen molar-refractivity contribution < 1.29 is 9.90 Å². The fraction of sp³-hybridized carbons (Fsp3) is 0.438. The fourth-order valence-corrected chi connectivity index (χ4v) is 3.11. The molecule has 1 heterocycles. The number of aromatic nitrogens is 2. The van der Waals surface area contributed by atoms with E-state index in [1.165, 1.54) is 0 Å². The van der Waals surface area contributed by atoms with Crippen LogP contribution in [-0.4, -0.2) is 20.6 Å². The van der Waals surface area contributed by atoms with Gasteiger partial charge in [-0.15, -0.1) is 0 Å². The molecule has 110 valence electrons. The van der Waals surface area contributed by atoms with Crippen molar-refractivity contribution in [2.45, 2.75) is 32.2 Å². The van der Waals surface area contributed by atoms with Crippen LogP contribution in [0.1, 0.15) is 25.7 Å². The predicted octanol–water partition coefficient (Wildman–Crippen LogP) is 2.29. The molecule has 5 heteroatoms. The number of hydrogen-bond donors (Lipinski definition) is 1. The highest BCUT2D eigenvalue weighted by molar-refractivity contribution is 5.76. The van der Waals surface area contributed by atoms with E-state index < -0.39 is 5.97 Å². The summed E-state index contributed by atoms with van der Waals surface area (Å²) in [5.74, 6) is -0.549. The maximum Gasteiger partial charge on any atom is 0.306 e. The van der Waals surface area contributed by atoms with Crippen molar-refractivity contribution in [3.05, 3.63) is 40.9 Å². The third-order valence-corrected chi connectivity index (χ3v) is 4.38. The summed E-state index contributed by atoms with van der Waals surface area (Å²) >= 11 is 0. The maximum absolute atomic E-state index is 12.4. The Kier molecular flexibility index (Phi) is 3.73. The summed E-state index contributed by atoms with van der Waals surface area (Å²) in [6.45, 7) is 0.628. The van der Waals surface area contributed by atoms with Crippen LogP contribution in [0.2, 0.25) is 0 Å². The van der Waals surface area contributed by atoms with Gasteiger partial charge in [0.25, 0.3) is 5.56 Å². The number of hydrogen-bond acceptors (Lipinski definition) is 3. The number of carboxylic acids is 1. The van der Waals surface area contributed by atoms with Crippen LogP contribution in [0.3, 0.4) is 0 Å². The molecular weight excluding hydrogens is 268 g/mol. The van der Waals surface area contributed by atoms with Gasteiger partial charge >= 0.3 is 5.97 Å². The summed E-state index contributed by atoms with van der Waals surface area (Å²) in [7, 11) is 0. The van der Waals surface area contributed by atoms with Crippen molar-refractivity contribution in [2.75, 3.05) is 0 Å². The Labute approximate surface area is 122 Å². The molecule has 3 rings (SSSR count). The van der Waals surface area contributed by atoms with Gasteiger partial charge in [0.15, 0.2) is 0 Å². The van der Waals surface area contributed by atoms with E-state index >= 15 is 0 Å². The van der Waals surface area contributed by atoms with E-state index in [9.17, 15) is 9.59 Å². The summed E-state index contributed by atoms with van der Waals surface area (Å²) in [6.07, 6.45) is 4.73. The number of benzene rings is 1. The average Bonchev–Trinajstić information content (AvgIpc) is 2.51. The van der Waals surface area contributed by atoms with Gasteiger partial charge in [0.05, 0.1) is 23.1 Å². The molecule has 0 atom stereocenters. The first kappa shape index (κ1) is 13.8. The molecule has 0 aliphatic heterocycles. The van der Waals surface area contributed by atoms with E-state index in [-0.39, 0.29) is 11.5 Å². The normalized spacial score (nSPS) is 22.3. The lowest BCUT2D eigenvalue weighted by Crippen LogP contribution is -2.28. The zero-order valence-electron chi connectivity index (χ0n) is 11.7. The minimum Gasteiger partial charge on any atom is -0.481 e. The van der Waals surface area contributed by atoms with Crippen molar-refractivity contribution in [3.8, 4) is 0 Å². The second-order valence-corrected chi connectivity index (χ2v) is 5.78. The Morgan fingerprint density at radius 1 is 1.24 bits per heavy atom. The molecule has 1 aliphatic rings. The van der Waals surface area contributed by atoms with Crippen LogP contribution < -0.4 is 5.56 Å². The van der Waals surface area contributed by atoms with E-state index in [1.54, 1.807) is 17.0 Å². The number of fused-ring (bicyclic) bond motifs is 1. The maximum atomic E-state index is 12.4. The van der Waals surface area contributed by atoms with E-state index in [1.807, 2.05) is 18.2 Å². The highest BCUT2D eigenvalue weighted by Gasteiger charge is 2.26. The highest BCUT2D eigenvalue weighted by Crippen LogP contribution is 2.29. The first-order chi connectivity index (χ1) is 10.1. The highest BCUT2D eigenvalue weighted by atomic mass is 16.4. The predicted molar refractivity (Wildman–Crippen MR) is 79.1 cm³/mol. The van der Waals surface area contributed by atoms with Crippen molar-refractivity contribution in [1.29, 1.82) is 0 Å². The Morgan fingerprint density at radius 3 is 2.67 bits per heavy atom. The second kappa shape index (κ2) is 5.68. The summed E-state index contributed by atoms with van der Waals surface area (Å²) < 4.78 is 1.66. The smallest absolute Gasteiger partial charge is 0.306 e. The summed E-state index contributed by atoms with van der Waals surface area (Å²) in [4.78, 5) is 27.7. The lowest BCUT2D eigenvalue weighted by Gasteiger charge is -2.26. The topological polar surface area (TPSA) is 72.2 Å². The largest absolute Gasteiger partial charge is 0.481 e. The van der Waals surface area contributed by atoms with Crippen molar-refractivity contribution in [2.24, 2.45) is 11.8 Å². The quantitative estimate of drug-likeness (QED) is 0.939. The van der Waals surface area contributed by atoms with Gasteiger partial charge in [-0.3, -0.25) is 14.2 Å². The molecule has 0 saturated heterocycles. The molecule has 0 bridgehead atoms. The fourth-order valence-electron chi connectivity index (χ4n) is 3.11. The van der Waals surface area contributed by atoms with Gasteiger partial charge < -0.3 is 5.11 Å². The molecule has 1 N–H and O–H groups in total. The number of rotatable bonds is 3. The molecule has 0 amide bonds. The zero-order valence-corrected chi connectivity index (χ0v) is 11.7. The van der Waals surface area contributed by atoms with Crippen LogP contribution in [0.4, 0.5) is 0 Å². The Balaban J connectivity index is 1.76. The van der Waals surface area contributed by atoms with Crippen LogP contribution in [0.15, 0.2) is 35.4 Å². The molecule has 1 aromatic heterocycles. The van der Waals surface area contributed by atoms with Gasteiger partial charge in [-0.2, -0.15) is 0 Å². The zero-order chi connectivity index (χ0) is 14.8. The lowest BCUT2D eigenvalue weighted by molar-refractivity contribution is -0.143. The second-order valence-electron chi connectivity index (χ2n) is 5.78. The minimum absolute atomic E-state index is 0.0130. The van der Waals surface area contributed by atoms with E-state index in [2.05, 4.69) is 4.98 Å². The summed E-state index contributed by atoms with van der Waals surface area (Å²) in [5.41, 5.74) is 0.703. The van der Waals surface area contributed by atoms with Gasteiger partial charge in [-0.25, -0.2) is 4.98 Å². The van der Waals surface area contributed by atoms with Crippen molar-refractivity contribution in [1.82, 2.24) is 9.55 Å².